The van der Waals surface area contributed by atoms with Gasteiger partial charge >= 0.3 is 12.1 Å². The van der Waals surface area contributed by atoms with Gasteiger partial charge < -0.3 is 30.7 Å². The molecule has 0 bridgehead atoms. The Morgan fingerprint density at radius 2 is 1.64 bits per heavy atom. The summed E-state index contributed by atoms with van der Waals surface area (Å²) in [5, 5.41) is 5.28. The van der Waals surface area contributed by atoms with Crippen molar-refractivity contribution >= 4 is 29.8 Å². The Morgan fingerprint density at radius 1 is 1.00 bits per heavy atom. The molecule has 0 aliphatic heterocycles. The summed E-state index contributed by atoms with van der Waals surface area (Å²) in [5.41, 5.74) is 6.13. The van der Waals surface area contributed by atoms with Gasteiger partial charge in [-0.05, 0) is 58.1 Å². The number of esters is 1. The van der Waals surface area contributed by atoms with E-state index in [1.807, 2.05) is 26.0 Å². The van der Waals surface area contributed by atoms with Gasteiger partial charge in [-0.2, -0.15) is 0 Å². The van der Waals surface area contributed by atoms with Crippen LogP contribution in [0.5, 0.6) is 0 Å². The average molecular weight is 549 g/mol. The van der Waals surface area contributed by atoms with Crippen molar-refractivity contribution in [3.63, 3.8) is 0 Å². The number of carbonyl (C=O) groups is 5. The van der Waals surface area contributed by atoms with Crippen molar-refractivity contribution in [3.05, 3.63) is 35.4 Å². The van der Waals surface area contributed by atoms with E-state index in [-0.39, 0.29) is 39.0 Å². The monoisotopic (exact) mass is 548 g/mol. The molecule has 0 aromatic heterocycles. The molecule has 1 aromatic rings. The number of aryl methyl sites for hydroxylation is 1. The molecule has 2 unspecified atom stereocenters. The molecule has 0 aliphatic carbocycles. The minimum Gasteiger partial charge on any atom is -0.466 e. The maximum atomic E-state index is 13.9. The first kappa shape index (κ1) is 33.4. The van der Waals surface area contributed by atoms with Gasteiger partial charge in [0.05, 0.1) is 13.0 Å². The molecule has 4 N–H and O–H groups in total. The zero-order valence-corrected chi connectivity index (χ0v) is 24.0. The summed E-state index contributed by atoms with van der Waals surface area (Å²) in [6.45, 7) is 11.1. The summed E-state index contributed by atoms with van der Waals surface area (Å²) < 4.78 is 10.2. The highest BCUT2D eigenvalue weighted by molar-refractivity contribution is 5.92. The van der Waals surface area contributed by atoms with Crippen molar-refractivity contribution in [1.29, 1.82) is 0 Å². The first-order valence-corrected chi connectivity index (χ1v) is 13.4. The Balaban J connectivity index is 3.38. The normalized spacial score (nSPS) is 12.6. The lowest BCUT2D eigenvalue weighted by atomic mass is 9.99. The van der Waals surface area contributed by atoms with E-state index >= 15 is 0 Å². The number of carbonyl (C=O) groups excluding carboxylic acids is 5. The smallest absolute Gasteiger partial charge is 0.408 e. The predicted molar refractivity (Wildman–Crippen MR) is 146 cm³/mol. The third-order valence-electron chi connectivity index (χ3n) is 5.61. The fourth-order valence-corrected chi connectivity index (χ4v) is 3.83. The zero-order chi connectivity index (χ0) is 29.6. The van der Waals surface area contributed by atoms with Crippen molar-refractivity contribution < 1.29 is 33.4 Å². The first-order valence-electron chi connectivity index (χ1n) is 13.4. The molecule has 2 atom stereocenters. The van der Waals surface area contributed by atoms with Crippen LogP contribution in [0.1, 0.15) is 84.4 Å². The minimum atomic E-state index is -1.16. The molecule has 11 nitrogen and oxygen atoms in total. The second kappa shape index (κ2) is 16.4. The Labute approximate surface area is 231 Å². The SMILES string of the molecule is CCCN(C(=O)C(CCC(N)=O)NC(=O)OC(C)(C)C)C(C(=O)NCCC(=O)OCC)c1ccc(CC)cc1. The van der Waals surface area contributed by atoms with Crippen molar-refractivity contribution in [2.24, 2.45) is 5.73 Å². The second-order valence-electron chi connectivity index (χ2n) is 10.1. The molecule has 0 saturated carbocycles. The number of hydrogen-bond acceptors (Lipinski definition) is 7. The number of ether oxygens (including phenoxy) is 2. The molecule has 0 fully saturated rings. The van der Waals surface area contributed by atoms with Gasteiger partial charge in [0.2, 0.25) is 17.7 Å². The number of primary amides is 1. The van der Waals surface area contributed by atoms with Crippen LogP contribution in [0.25, 0.3) is 0 Å². The molecule has 39 heavy (non-hydrogen) atoms. The Morgan fingerprint density at radius 3 is 2.15 bits per heavy atom. The van der Waals surface area contributed by atoms with Crippen LogP contribution in [-0.4, -0.2) is 66.0 Å². The molecule has 0 aliphatic rings. The van der Waals surface area contributed by atoms with Crippen LogP contribution < -0.4 is 16.4 Å². The van der Waals surface area contributed by atoms with Crippen LogP contribution in [-0.2, 0) is 35.1 Å². The van der Waals surface area contributed by atoms with Gasteiger partial charge in [0.25, 0.3) is 0 Å². The number of alkyl carbamates (subject to hydrolysis) is 1. The van der Waals surface area contributed by atoms with E-state index in [2.05, 4.69) is 10.6 Å². The Hall–Kier alpha value is -3.63. The molecule has 0 heterocycles. The standard InChI is InChI=1S/C28H44N4O7/c1-7-18-32(26(36)21(14-15-22(29)33)31-27(37)39-28(4,5)6)24(20-12-10-19(8-2)11-13-20)25(35)30-17-16-23(34)38-9-3/h10-13,21,24H,7-9,14-18H2,1-6H3,(H2,29,33)(H,30,35)(H,31,37). The lowest BCUT2D eigenvalue weighted by Crippen LogP contribution is -2.53. The van der Waals surface area contributed by atoms with E-state index in [0.29, 0.717) is 12.0 Å². The van der Waals surface area contributed by atoms with Gasteiger partial charge in [-0.15, -0.1) is 0 Å². The number of benzene rings is 1. The number of rotatable bonds is 15. The molecular weight excluding hydrogens is 504 g/mol. The highest BCUT2D eigenvalue weighted by Crippen LogP contribution is 2.24. The van der Waals surface area contributed by atoms with Crippen LogP contribution in [0.3, 0.4) is 0 Å². The number of nitrogens with zero attached hydrogens (tertiary/aromatic N) is 1. The zero-order valence-electron chi connectivity index (χ0n) is 24.0. The van der Waals surface area contributed by atoms with Gasteiger partial charge in [0.15, 0.2) is 0 Å². The average Bonchev–Trinajstić information content (AvgIpc) is 2.85. The van der Waals surface area contributed by atoms with E-state index in [4.69, 9.17) is 15.2 Å². The van der Waals surface area contributed by atoms with Gasteiger partial charge in [0.1, 0.15) is 17.7 Å². The molecule has 0 spiro atoms. The quantitative estimate of drug-likeness (QED) is 0.284. The molecule has 4 amide bonds. The van der Waals surface area contributed by atoms with Crippen LogP contribution in [0.2, 0.25) is 0 Å². The molecule has 1 rings (SSSR count). The fourth-order valence-electron chi connectivity index (χ4n) is 3.83. The molecular formula is C28H44N4O7. The Kier molecular flexibility index (Phi) is 14.0. The number of nitrogens with two attached hydrogens (primary N) is 1. The van der Waals surface area contributed by atoms with Crippen LogP contribution in [0, 0.1) is 0 Å². The summed E-state index contributed by atoms with van der Waals surface area (Å²) in [4.78, 5) is 64.7. The van der Waals surface area contributed by atoms with Crippen LogP contribution >= 0.6 is 0 Å². The van der Waals surface area contributed by atoms with Crippen LogP contribution in [0.4, 0.5) is 4.79 Å². The van der Waals surface area contributed by atoms with E-state index in [9.17, 15) is 24.0 Å². The summed E-state index contributed by atoms with van der Waals surface area (Å²) in [6, 6.07) is 5.11. The number of hydrogen-bond donors (Lipinski definition) is 3. The van der Waals surface area contributed by atoms with Gasteiger partial charge in [-0.25, -0.2) is 4.79 Å². The lowest BCUT2D eigenvalue weighted by molar-refractivity contribution is -0.144. The summed E-state index contributed by atoms with van der Waals surface area (Å²) >= 11 is 0. The van der Waals surface area contributed by atoms with E-state index < -0.39 is 47.5 Å². The van der Waals surface area contributed by atoms with E-state index in [1.165, 1.54) is 4.90 Å². The predicted octanol–water partition coefficient (Wildman–Crippen LogP) is 2.76. The topological polar surface area (TPSA) is 157 Å². The molecule has 218 valence electrons. The summed E-state index contributed by atoms with van der Waals surface area (Å²) in [6.07, 6.45) is 0.228. The lowest BCUT2D eigenvalue weighted by Gasteiger charge is -2.34. The molecule has 11 heteroatoms. The molecule has 0 saturated heterocycles. The van der Waals surface area contributed by atoms with Crippen LogP contribution in [0.15, 0.2) is 24.3 Å². The highest BCUT2D eigenvalue weighted by Gasteiger charge is 2.36. The fraction of sp³-hybridized carbons (Fsp3) is 0.607. The number of amides is 4. The van der Waals surface area contributed by atoms with Crippen molar-refractivity contribution in [3.8, 4) is 0 Å². The van der Waals surface area contributed by atoms with Crippen molar-refractivity contribution in [2.75, 3.05) is 19.7 Å². The van der Waals surface area contributed by atoms with E-state index in [0.717, 1.165) is 12.0 Å². The van der Waals surface area contributed by atoms with Crippen molar-refractivity contribution in [1.82, 2.24) is 15.5 Å². The first-order chi connectivity index (χ1) is 18.3. The molecule has 0 radical (unpaired) electrons. The van der Waals surface area contributed by atoms with Gasteiger partial charge in [-0.1, -0.05) is 38.1 Å². The highest BCUT2D eigenvalue weighted by atomic mass is 16.6. The maximum Gasteiger partial charge on any atom is 0.408 e. The summed E-state index contributed by atoms with van der Waals surface area (Å²) in [7, 11) is 0. The van der Waals surface area contributed by atoms with E-state index in [1.54, 1.807) is 39.8 Å². The second-order valence-corrected chi connectivity index (χ2v) is 10.1. The minimum absolute atomic E-state index is 0.0236. The third kappa shape index (κ3) is 12.2. The van der Waals surface area contributed by atoms with Gasteiger partial charge in [-0.3, -0.25) is 19.2 Å². The summed E-state index contributed by atoms with van der Waals surface area (Å²) in [5.74, 6) is -2.13. The number of nitrogens with one attached hydrogen (secondary N) is 2. The maximum absolute atomic E-state index is 13.9. The Bertz CT molecular complexity index is 973. The van der Waals surface area contributed by atoms with Gasteiger partial charge in [0, 0.05) is 19.5 Å². The molecule has 1 aromatic carbocycles. The van der Waals surface area contributed by atoms with Crippen molar-refractivity contribution in [2.45, 2.75) is 91.3 Å². The third-order valence-corrected chi connectivity index (χ3v) is 5.61. The largest absolute Gasteiger partial charge is 0.466 e.